The highest BCUT2D eigenvalue weighted by molar-refractivity contribution is 7.92. The fourth-order valence-electron chi connectivity index (χ4n) is 3.34. The molecule has 0 aliphatic heterocycles. The highest BCUT2D eigenvalue weighted by atomic mass is 32.2. The van der Waals surface area contributed by atoms with Gasteiger partial charge in [0.1, 0.15) is 17.2 Å². The summed E-state index contributed by atoms with van der Waals surface area (Å²) < 4.78 is 44.3. The lowest BCUT2D eigenvalue weighted by Gasteiger charge is -2.18. The average molecular weight is 485 g/mol. The minimum absolute atomic E-state index is 0.0243. The van der Waals surface area contributed by atoms with Crippen LogP contribution in [0, 0.1) is 0 Å². The highest BCUT2D eigenvalue weighted by Gasteiger charge is 2.19. The quantitative estimate of drug-likeness (QED) is 0.442. The van der Waals surface area contributed by atoms with Crippen molar-refractivity contribution in [3.63, 3.8) is 0 Å². The van der Waals surface area contributed by atoms with Crippen molar-refractivity contribution in [2.45, 2.75) is 24.8 Å². The van der Waals surface area contributed by atoms with Crippen LogP contribution >= 0.6 is 0 Å². The van der Waals surface area contributed by atoms with Gasteiger partial charge in [-0.1, -0.05) is 6.07 Å². The van der Waals surface area contributed by atoms with Gasteiger partial charge in [-0.05, 0) is 68.4 Å². The number of nitrogens with one attached hydrogen (secondary N) is 2. The molecule has 0 aliphatic carbocycles. The van der Waals surface area contributed by atoms with E-state index in [1.54, 1.807) is 56.7 Å². The molecule has 0 saturated carbocycles. The van der Waals surface area contributed by atoms with Crippen molar-refractivity contribution >= 4 is 21.6 Å². The molecule has 3 aromatic carbocycles. The molecule has 9 heteroatoms. The summed E-state index contributed by atoms with van der Waals surface area (Å²) in [6.45, 7) is 4.20. The molecule has 1 amide bonds. The van der Waals surface area contributed by atoms with E-state index >= 15 is 0 Å². The van der Waals surface area contributed by atoms with Crippen LogP contribution in [0.2, 0.25) is 0 Å². The Morgan fingerprint density at radius 2 is 1.65 bits per heavy atom. The first kappa shape index (κ1) is 24.9. The molecule has 0 fully saturated rings. The average Bonchev–Trinajstić information content (AvgIpc) is 2.84. The van der Waals surface area contributed by atoms with E-state index in [4.69, 9.17) is 14.2 Å². The monoisotopic (exact) mass is 484 g/mol. The maximum atomic E-state index is 12.9. The molecule has 0 radical (unpaired) electrons. The standard InChI is InChI=1S/C25H28N2O6S/c1-5-33-20-11-9-19(10-12-20)27-34(29,30)22-8-6-7-18(15-22)25(28)26-17(2)23-14-13-21(31-3)16-24(23)32-4/h6-17,27H,5H2,1-4H3,(H,26,28). The molecule has 0 heterocycles. The van der Waals surface area contributed by atoms with Gasteiger partial charge in [-0.3, -0.25) is 9.52 Å². The van der Waals surface area contributed by atoms with E-state index in [0.29, 0.717) is 29.5 Å². The van der Waals surface area contributed by atoms with Crippen molar-refractivity contribution in [3.05, 3.63) is 77.9 Å². The van der Waals surface area contributed by atoms with E-state index in [1.165, 1.54) is 18.2 Å². The Hall–Kier alpha value is -3.72. The summed E-state index contributed by atoms with van der Waals surface area (Å²) in [4.78, 5) is 12.9. The number of sulfonamides is 1. The van der Waals surface area contributed by atoms with Gasteiger partial charge in [0.05, 0.1) is 31.8 Å². The van der Waals surface area contributed by atoms with Gasteiger partial charge in [-0.2, -0.15) is 0 Å². The molecule has 180 valence electrons. The van der Waals surface area contributed by atoms with Crippen LogP contribution in [0.1, 0.15) is 35.8 Å². The minimum Gasteiger partial charge on any atom is -0.497 e. The van der Waals surface area contributed by atoms with Crippen molar-refractivity contribution < 1.29 is 27.4 Å². The number of hydrogen-bond donors (Lipinski definition) is 2. The third-order valence-corrected chi connectivity index (χ3v) is 6.46. The molecule has 3 rings (SSSR count). The van der Waals surface area contributed by atoms with Gasteiger partial charge in [0.25, 0.3) is 15.9 Å². The lowest BCUT2D eigenvalue weighted by atomic mass is 10.1. The van der Waals surface area contributed by atoms with Gasteiger partial charge in [-0.15, -0.1) is 0 Å². The van der Waals surface area contributed by atoms with Crippen LogP contribution in [-0.4, -0.2) is 35.2 Å². The summed E-state index contributed by atoms with van der Waals surface area (Å²) in [7, 11) is -0.797. The van der Waals surface area contributed by atoms with Gasteiger partial charge in [0, 0.05) is 22.9 Å². The van der Waals surface area contributed by atoms with E-state index in [2.05, 4.69) is 10.0 Å². The van der Waals surface area contributed by atoms with Crippen LogP contribution in [0.4, 0.5) is 5.69 Å². The SMILES string of the molecule is CCOc1ccc(NS(=O)(=O)c2cccc(C(=O)NC(C)c3ccc(OC)cc3OC)c2)cc1. The number of carbonyl (C=O) groups is 1. The molecule has 0 bridgehead atoms. The Morgan fingerprint density at radius 3 is 2.29 bits per heavy atom. The van der Waals surface area contributed by atoms with Gasteiger partial charge in [-0.25, -0.2) is 8.42 Å². The Labute approximate surface area is 199 Å². The van der Waals surface area contributed by atoms with E-state index in [0.717, 1.165) is 5.56 Å². The number of amides is 1. The van der Waals surface area contributed by atoms with Gasteiger partial charge < -0.3 is 19.5 Å². The maximum absolute atomic E-state index is 12.9. The molecule has 0 saturated heterocycles. The van der Waals surface area contributed by atoms with E-state index < -0.39 is 22.0 Å². The fraction of sp³-hybridized carbons (Fsp3) is 0.240. The summed E-state index contributed by atoms with van der Waals surface area (Å²) in [5, 5.41) is 2.88. The van der Waals surface area contributed by atoms with Crippen LogP contribution in [-0.2, 0) is 10.0 Å². The molecule has 1 atom stereocenters. The van der Waals surface area contributed by atoms with Crippen LogP contribution in [0.5, 0.6) is 17.2 Å². The summed E-state index contributed by atoms with van der Waals surface area (Å²) in [5.74, 6) is 1.44. The number of benzene rings is 3. The molecule has 3 aromatic rings. The predicted molar refractivity (Wildman–Crippen MR) is 130 cm³/mol. The smallest absolute Gasteiger partial charge is 0.261 e. The largest absolute Gasteiger partial charge is 0.497 e. The van der Waals surface area contributed by atoms with E-state index in [9.17, 15) is 13.2 Å². The second-order valence-corrected chi connectivity index (χ2v) is 9.08. The molecule has 0 spiro atoms. The first-order valence-electron chi connectivity index (χ1n) is 10.7. The zero-order chi connectivity index (χ0) is 24.7. The van der Waals surface area contributed by atoms with E-state index in [1.807, 2.05) is 19.9 Å². The second kappa shape index (κ2) is 10.9. The third-order valence-electron chi connectivity index (χ3n) is 5.08. The highest BCUT2D eigenvalue weighted by Crippen LogP contribution is 2.29. The molecule has 1 unspecified atom stereocenters. The normalized spacial score (nSPS) is 11.9. The Morgan fingerprint density at radius 1 is 0.941 bits per heavy atom. The van der Waals surface area contributed by atoms with Crippen molar-refractivity contribution in [1.82, 2.24) is 5.32 Å². The number of rotatable bonds is 10. The van der Waals surface area contributed by atoms with Crippen molar-refractivity contribution in [3.8, 4) is 17.2 Å². The Bertz CT molecular complexity index is 1240. The molecule has 2 N–H and O–H groups in total. The second-order valence-electron chi connectivity index (χ2n) is 7.39. The minimum atomic E-state index is -3.90. The Balaban J connectivity index is 1.75. The van der Waals surface area contributed by atoms with Gasteiger partial charge in [0.15, 0.2) is 0 Å². The summed E-state index contributed by atoms with van der Waals surface area (Å²) in [6, 6.07) is 17.4. The molecule has 8 nitrogen and oxygen atoms in total. The van der Waals surface area contributed by atoms with Crippen LogP contribution in [0.3, 0.4) is 0 Å². The third kappa shape index (κ3) is 5.99. The van der Waals surface area contributed by atoms with Gasteiger partial charge >= 0.3 is 0 Å². The van der Waals surface area contributed by atoms with Gasteiger partial charge in [0.2, 0.25) is 0 Å². The lowest BCUT2D eigenvalue weighted by molar-refractivity contribution is 0.0939. The first-order valence-corrected chi connectivity index (χ1v) is 12.1. The van der Waals surface area contributed by atoms with Crippen molar-refractivity contribution in [1.29, 1.82) is 0 Å². The first-order chi connectivity index (χ1) is 16.3. The molecule has 0 aromatic heterocycles. The van der Waals surface area contributed by atoms with Crippen molar-refractivity contribution in [2.75, 3.05) is 25.5 Å². The fourth-order valence-corrected chi connectivity index (χ4v) is 4.44. The lowest BCUT2D eigenvalue weighted by Crippen LogP contribution is -2.27. The number of carbonyl (C=O) groups excluding carboxylic acids is 1. The summed E-state index contributed by atoms with van der Waals surface area (Å²) in [6.07, 6.45) is 0. The van der Waals surface area contributed by atoms with Crippen LogP contribution in [0.15, 0.2) is 71.6 Å². The van der Waals surface area contributed by atoms with Crippen molar-refractivity contribution in [2.24, 2.45) is 0 Å². The zero-order valence-corrected chi connectivity index (χ0v) is 20.3. The Kier molecular flexibility index (Phi) is 8.01. The number of methoxy groups -OCH3 is 2. The summed E-state index contributed by atoms with van der Waals surface area (Å²) in [5.41, 5.74) is 1.37. The molecular formula is C25H28N2O6S. The number of ether oxygens (including phenoxy) is 3. The number of anilines is 1. The zero-order valence-electron chi connectivity index (χ0n) is 19.5. The summed E-state index contributed by atoms with van der Waals surface area (Å²) >= 11 is 0. The van der Waals surface area contributed by atoms with Crippen LogP contribution in [0.25, 0.3) is 0 Å². The number of hydrogen-bond acceptors (Lipinski definition) is 6. The molecule has 0 aliphatic rings. The van der Waals surface area contributed by atoms with Crippen LogP contribution < -0.4 is 24.2 Å². The molecule has 34 heavy (non-hydrogen) atoms. The molecular weight excluding hydrogens is 456 g/mol. The maximum Gasteiger partial charge on any atom is 0.261 e. The predicted octanol–water partition coefficient (Wildman–Crippen LogP) is 4.39. The topological polar surface area (TPSA) is 103 Å². The van der Waals surface area contributed by atoms with E-state index in [-0.39, 0.29) is 10.5 Å².